The van der Waals surface area contributed by atoms with Crippen LogP contribution in [0.5, 0.6) is 0 Å². The maximum absolute atomic E-state index is 11.9. The number of benzene rings is 1. The number of hydrogen-bond donors (Lipinski definition) is 1. The molecule has 1 aromatic rings. The molecule has 1 N–H and O–H groups in total. The molecule has 0 spiro atoms. The zero-order valence-electron chi connectivity index (χ0n) is 14.5. The molecule has 1 aromatic carbocycles. The van der Waals surface area contributed by atoms with Crippen molar-refractivity contribution in [3.63, 3.8) is 0 Å². The first kappa shape index (κ1) is 18.8. The summed E-state index contributed by atoms with van der Waals surface area (Å²) in [6.07, 6.45) is 4.88. The number of ether oxygens (including phenoxy) is 1. The second-order valence-electron chi connectivity index (χ2n) is 6.51. The van der Waals surface area contributed by atoms with Crippen molar-refractivity contribution in [1.29, 1.82) is 0 Å². The molecular weight excluding hydrogens is 322 g/mol. The molecule has 0 radical (unpaired) electrons. The standard InChI is InChI=1S/C19H27NO3S/c1-14-7-9-16(10-8-14)24-12-11-19(22)23-13-18(21)20-17-6-4-3-5-15(17)2/h7-10,15,17H,3-6,11-13H2,1-2H3,(H,20,21)/t15-,17+/m1/s1. The van der Waals surface area contributed by atoms with Gasteiger partial charge >= 0.3 is 5.97 Å². The molecule has 2 atom stereocenters. The Morgan fingerprint density at radius 3 is 2.62 bits per heavy atom. The molecule has 132 valence electrons. The average Bonchev–Trinajstić information content (AvgIpc) is 2.57. The lowest BCUT2D eigenvalue weighted by Crippen LogP contribution is -2.42. The second kappa shape index (κ2) is 9.72. The van der Waals surface area contributed by atoms with E-state index >= 15 is 0 Å². The predicted molar refractivity (Wildman–Crippen MR) is 97.0 cm³/mol. The van der Waals surface area contributed by atoms with E-state index in [9.17, 15) is 9.59 Å². The molecule has 2 rings (SSSR count). The van der Waals surface area contributed by atoms with Crippen LogP contribution in [0, 0.1) is 12.8 Å². The van der Waals surface area contributed by atoms with E-state index in [-0.39, 0.29) is 24.5 Å². The quantitative estimate of drug-likeness (QED) is 0.602. The van der Waals surface area contributed by atoms with Crippen LogP contribution >= 0.6 is 11.8 Å². The summed E-state index contributed by atoms with van der Waals surface area (Å²) in [5, 5.41) is 2.99. The smallest absolute Gasteiger partial charge is 0.307 e. The van der Waals surface area contributed by atoms with Crippen molar-refractivity contribution in [2.24, 2.45) is 5.92 Å². The Bertz CT molecular complexity index is 544. The normalized spacial score (nSPS) is 20.4. The summed E-state index contributed by atoms with van der Waals surface area (Å²) in [6, 6.07) is 8.42. The third kappa shape index (κ3) is 6.56. The van der Waals surface area contributed by atoms with Gasteiger partial charge in [-0.15, -0.1) is 11.8 Å². The van der Waals surface area contributed by atoms with Crippen LogP contribution in [-0.4, -0.2) is 30.3 Å². The van der Waals surface area contributed by atoms with Gasteiger partial charge in [-0.25, -0.2) is 0 Å². The van der Waals surface area contributed by atoms with Gasteiger partial charge in [-0.1, -0.05) is 37.5 Å². The Morgan fingerprint density at radius 1 is 1.21 bits per heavy atom. The van der Waals surface area contributed by atoms with Gasteiger partial charge in [-0.2, -0.15) is 0 Å². The summed E-state index contributed by atoms with van der Waals surface area (Å²) in [6.45, 7) is 4.04. The van der Waals surface area contributed by atoms with E-state index in [0.717, 1.165) is 24.2 Å². The first-order valence-electron chi connectivity index (χ1n) is 8.69. The van der Waals surface area contributed by atoms with E-state index < -0.39 is 0 Å². The number of amides is 1. The highest BCUT2D eigenvalue weighted by molar-refractivity contribution is 7.99. The molecule has 0 aliphatic heterocycles. The van der Waals surface area contributed by atoms with Crippen LogP contribution in [0.15, 0.2) is 29.2 Å². The molecule has 0 aromatic heterocycles. The second-order valence-corrected chi connectivity index (χ2v) is 7.68. The molecule has 1 aliphatic carbocycles. The molecule has 1 saturated carbocycles. The zero-order valence-corrected chi connectivity index (χ0v) is 15.4. The predicted octanol–water partition coefficient (Wildman–Crippen LogP) is 3.72. The van der Waals surface area contributed by atoms with Crippen LogP contribution in [0.4, 0.5) is 0 Å². The van der Waals surface area contributed by atoms with Gasteiger partial charge < -0.3 is 10.1 Å². The zero-order chi connectivity index (χ0) is 17.4. The van der Waals surface area contributed by atoms with Crippen LogP contribution < -0.4 is 5.32 Å². The first-order valence-corrected chi connectivity index (χ1v) is 9.67. The van der Waals surface area contributed by atoms with E-state index in [1.165, 1.54) is 12.0 Å². The highest BCUT2D eigenvalue weighted by Gasteiger charge is 2.23. The molecule has 24 heavy (non-hydrogen) atoms. The SMILES string of the molecule is Cc1ccc(SCCC(=O)OCC(=O)N[C@H]2CCCC[C@H]2C)cc1. The maximum Gasteiger partial charge on any atom is 0.307 e. The summed E-state index contributed by atoms with van der Waals surface area (Å²) in [4.78, 5) is 24.8. The third-order valence-corrected chi connectivity index (χ3v) is 5.43. The van der Waals surface area contributed by atoms with Crippen molar-refractivity contribution in [3.05, 3.63) is 29.8 Å². The molecule has 0 unspecified atom stereocenters. The van der Waals surface area contributed by atoms with Crippen molar-refractivity contribution in [2.75, 3.05) is 12.4 Å². The summed E-state index contributed by atoms with van der Waals surface area (Å²) in [5.41, 5.74) is 1.22. The molecule has 5 heteroatoms. The minimum absolute atomic E-state index is 0.169. The van der Waals surface area contributed by atoms with Gasteiger partial charge in [0.15, 0.2) is 6.61 Å². The summed E-state index contributed by atoms with van der Waals surface area (Å²) < 4.78 is 5.07. The average molecular weight is 349 g/mol. The van der Waals surface area contributed by atoms with E-state index in [0.29, 0.717) is 18.1 Å². The van der Waals surface area contributed by atoms with Gasteiger partial charge in [0.25, 0.3) is 5.91 Å². The minimum atomic E-state index is -0.318. The Balaban J connectivity index is 1.60. The summed E-state index contributed by atoms with van der Waals surface area (Å²) >= 11 is 1.62. The van der Waals surface area contributed by atoms with Crippen LogP contribution in [0.25, 0.3) is 0 Å². The summed E-state index contributed by atoms with van der Waals surface area (Å²) in [5.74, 6) is 0.655. The molecule has 0 saturated heterocycles. The van der Waals surface area contributed by atoms with Crippen molar-refractivity contribution >= 4 is 23.6 Å². The minimum Gasteiger partial charge on any atom is -0.456 e. The lowest BCUT2D eigenvalue weighted by atomic mass is 9.86. The number of hydrogen-bond acceptors (Lipinski definition) is 4. The molecule has 1 amide bonds. The summed E-state index contributed by atoms with van der Waals surface area (Å²) in [7, 11) is 0. The van der Waals surface area contributed by atoms with Crippen molar-refractivity contribution < 1.29 is 14.3 Å². The number of aryl methyl sites for hydroxylation is 1. The Kier molecular flexibility index (Phi) is 7.63. The van der Waals surface area contributed by atoms with Crippen LogP contribution in [0.1, 0.15) is 44.6 Å². The lowest BCUT2D eigenvalue weighted by Gasteiger charge is -2.29. The number of thioether (sulfide) groups is 1. The van der Waals surface area contributed by atoms with Gasteiger partial charge in [0.2, 0.25) is 0 Å². The topological polar surface area (TPSA) is 55.4 Å². The van der Waals surface area contributed by atoms with Crippen molar-refractivity contribution in [2.45, 2.75) is 56.9 Å². The third-order valence-electron chi connectivity index (χ3n) is 4.42. The van der Waals surface area contributed by atoms with E-state index in [1.807, 2.05) is 19.1 Å². The van der Waals surface area contributed by atoms with Gasteiger partial charge in [0.1, 0.15) is 0 Å². The number of carbonyl (C=O) groups is 2. The number of rotatable bonds is 7. The Labute approximate surface area is 148 Å². The fourth-order valence-electron chi connectivity index (χ4n) is 2.88. The number of nitrogens with one attached hydrogen (secondary N) is 1. The first-order chi connectivity index (χ1) is 11.5. The van der Waals surface area contributed by atoms with Gasteiger partial charge in [-0.05, 0) is 37.8 Å². The van der Waals surface area contributed by atoms with Crippen molar-refractivity contribution in [3.8, 4) is 0 Å². The lowest BCUT2D eigenvalue weighted by molar-refractivity contribution is -0.148. The number of carbonyl (C=O) groups excluding carboxylic acids is 2. The van der Waals surface area contributed by atoms with Crippen LogP contribution in [-0.2, 0) is 14.3 Å². The van der Waals surface area contributed by atoms with Crippen LogP contribution in [0.3, 0.4) is 0 Å². The highest BCUT2D eigenvalue weighted by atomic mass is 32.2. The van der Waals surface area contributed by atoms with E-state index in [4.69, 9.17) is 4.74 Å². The molecule has 1 fully saturated rings. The van der Waals surface area contributed by atoms with E-state index in [1.54, 1.807) is 11.8 Å². The molecule has 0 bridgehead atoms. The highest BCUT2D eigenvalue weighted by Crippen LogP contribution is 2.23. The van der Waals surface area contributed by atoms with Gasteiger partial charge in [0, 0.05) is 16.7 Å². The monoisotopic (exact) mass is 349 g/mol. The molecule has 4 nitrogen and oxygen atoms in total. The molecule has 0 heterocycles. The Hall–Kier alpha value is -1.49. The van der Waals surface area contributed by atoms with Crippen molar-refractivity contribution in [1.82, 2.24) is 5.32 Å². The van der Waals surface area contributed by atoms with Gasteiger partial charge in [-0.3, -0.25) is 9.59 Å². The van der Waals surface area contributed by atoms with Crippen LogP contribution in [0.2, 0.25) is 0 Å². The largest absolute Gasteiger partial charge is 0.456 e. The molecule has 1 aliphatic rings. The number of esters is 1. The van der Waals surface area contributed by atoms with E-state index in [2.05, 4.69) is 24.4 Å². The maximum atomic E-state index is 11.9. The molecular formula is C19H27NO3S. The Morgan fingerprint density at radius 2 is 1.92 bits per heavy atom. The fourth-order valence-corrected chi connectivity index (χ4v) is 3.72. The van der Waals surface area contributed by atoms with Gasteiger partial charge in [0.05, 0.1) is 6.42 Å². The fraction of sp³-hybridized carbons (Fsp3) is 0.579.